The predicted molar refractivity (Wildman–Crippen MR) is 111 cm³/mol. The topological polar surface area (TPSA) is 93.5 Å². The first kappa shape index (κ1) is 21.0. The maximum atomic E-state index is 12.9. The van der Waals surface area contributed by atoms with Gasteiger partial charge in [0.1, 0.15) is 6.07 Å². The maximum Gasteiger partial charge on any atom is 0.244 e. The van der Waals surface area contributed by atoms with Crippen molar-refractivity contribution in [2.75, 3.05) is 38.0 Å². The summed E-state index contributed by atoms with van der Waals surface area (Å²) in [6, 6.07) is 14.0. The Labute approximate surface area is 171 Å². The van der Waals surface area contributed by atoms with Crippen LogP contribution in [0.15, 0.2) is 47.4 Å². The number of carbonyl (C=O) groups excluding carboxylic acids is 1. The van der Waals surface area contributed by atoms with Crippen LogP contribution in [-0.4, -0.2) is 56.3 Å². The number of nitrogens with one attached hydrogen (secondary N) is 1. The van der Waals surface area contributed by atoms with E-state index in [-0.39, 0.29) is 36.0 Å². The van der Waals surface area contributed by atoms with Gasteiger partial charge in [0.2, 0.25) is 15.9 Å². The number of sulfonamides is 1. The van der Waals surface area contributed by atoms with Crippen molar-refractivity contribution in [1.82, 2.24) is 9.21 Å². The van der Waals surface area contributed by atoms with E-state index in [1.807, 2.05) is 43.0 Å². The summed E-state index contributed by atoms with van der Waals surface area (Å²) >= 11 is 0. The van der Waals surface area contributed by atoms with E-state index in [2.05, 4.69) is 5.32 Å². The quantitative estimate of drug-likeness (QED) is 0.812. The first-order chi connectivity index (χ1) is 13.8. The lowest BCUT2D eigenvalue weighted by Crippen LogP contribution is -2.50. The Bertz CT molecular complexity index is 1050. The summed E-state index contributed by atoms with van der Waals surface area (Å²) < 4.78 is 27.1. The van der Waals surface area contributed by atoms with Gasteiger partial charge in [0.15, 0.2) is 0 Å². The molecule has 1 heterocycles. The van der Waals surface area contributed by atoms with E-state index in [1.54, 1.807) is 12.1 Å². The van der Waals surface area contributed by atoms with Crippen LogP contribution in [0.2, 0.25) is 0 Å². The second-order valence-corrected chi connectivity index (χ2v) is 9.06. The van der Waals surface area contributed by atoms with E-state index < -0.39 is 10.0 Å². The number of hydrogen-bond acceptors (Lipinski definition) is 5. The molecular formula is C21H24N4O3S. The van der Waals surface area contributed by atoms with Crippen LogP contribution in [0, 0.1) is 25.2 Å². The fraction of sp³-hybridized carbons (Fsp3) is 0.333. The molecule has 1 N–H and O–H groups in total. The van der Waals surface area contributed by atoms with Gasteiger partial charge in [0.25, 0.3) is 0 Å². The number of piperazine rings is 1. The highest BCUT2D eigenvalue weighted by Crippen LogP contribution is 2.21. The summed E-state index contributed by atoms with van der Waals surface area (Å²) in [4.78, 5) is 14.3. The lowest BCUT2D eigenvalue weighted by atomic mass is 10.1. The third kappa shape index (κ3) is 4.82. The molecule has 0 spiro atoms. The van der Waals surface area contributed by atoms with Crippen LogP contribution >= 0.6 is 0 Å². The fourth-order valence-electron chi connectivity index (χ4n) is 3.40. The minimum atomic E-state index is -3.73. The molecule has 0 saturated carbocycles. The van der Waals surface area contributed by atoms with Gasteiger partial charge in [-0.05, 0) is 37.6 Å². The van der Waals surface area contributed by atoms with Gasteiger partial charge in [0, 0.05) is 31.9 Å². The van der Waals surface area contributed by atoms with E-state index in [9.17, 15) is 18.5 Å². The number of aryl methyl sites for hydroxylation is 2. The monoisotopic (exact) mass is 412 g/mol. The van der Waals surface area contributed by atoms with Gasteiger partial charge in [-0.25, -0.2) is 8.42 Å². The number of amides is 1. The Hall–Kier alpha value is -2.73. The Morgan fingerprint density at radius 2 is 1.79 bits per heavy atom. The Kier molecular flexibility index (Phi) is 6.33. The lowest BCUT2D eigenvalue weighted by molar-refractivity contribution is -0.117. The van der Waals surface area contributed by atoms with Crippen molar-refractivity contribution >= 4 is 21.6 Å². The second kappa shape index (κ2) is 8.74. The van der Waals surface area contributed by atoms with Gasteiger partial charge in [-0.1, -0.05) is 29.8 Å². The van der Waals surface area contributed by atoms with Crippen molar-refractivity contribution in [2.45, 2.75) is 18.7 Å². The molecule has 0 aliphatic carbocycles. The molecule has 7 nitrogen and oxygen atoms in total. The van der Waals surface area contributed by atoms with Crippen LogP contribution < -0.4 is 5.32 Å². The Balaban J connectivity index is 1.59. The normalized spacial score (nSPS) is 15.6. The van der Waals surface area contributed by atoms with Crippen molar-refractivity contribution in [3.05, 3.63) is 59.2 Å². The number of nitriles is 1. The predicted octanol–water partition coefficient (Wildman–Crippen LogP) is 2.12. The van der Waals surface area contributed by atoms with E-state index in [0.29, 0.717) is 13.1 Å². The molecule has 29 heavy (non-hydrogen) atoms. The van der Waals surface area contributed by atoms with Crippen molar-refractivity contribution in [2.24, 2.45) is 0 Å². The third-order valence-corrected chi connectivity index (χ3v) is 6.94. The highest BCUT2D eigenvalue weighted by molar-refractivity contribution is 7.89. The zero-order valence-electron chi connectivity index (χ0n) is 16.6. The smallest absolute Gasteiger partial charge is 0.244 e. The summed E-state index contributed by atoms with van der Waals surface area (Å²) in [5.41, 5.74) is 3.07. The second-order valence-electron chi connectivity index (χ2n) is 7.15. The van der Waals surface area contributed by atoms with Gasteiger partial charge in [0.05, 0.1) is 17.0 Å². The van der Waals surface area contributed by atoms with Crippen LogP contribution in [0.4, 0.5) is 5.69 Å². The summed E-state index contributed by atoms with van der Waals surface area (Å²) in [5, 5.41) is 12.1. The molecule has 1 aliphatic rings. The number of hydrogen-bond donors (Lipinski definition) is 1. The average molecular weight is 413 g/mol. The number of rotatable bonds is 5. The molecule has 0 bridgehead atoms. The van der Waals surface area contributed by atoms with Gasteiger partial charge in [-0.15, -0.1) is 0 Å². The van der Waals surface area contributed by atoms with Crippen LogP contribution in [0.25, 0.3) is 0 Å². The van der Waals surface area contributed by atoms with Gasteiger partial charge >= 0.3 is 0 Å². The number of carbonyl (C=O) groups is 1. The molecule has 0 aromatic heterocycles. The van der Waals surface area contributed by atoms with Gasteiger partial charge < -0.3 is 5.32 Å². The van der Waals surface area contributed by atoms with Crippen LogP contribution in [-0.2, 0) is 14.8 Å². The highest BCUT2D eigenvalue weighted by atomic mass is 32.2. The number of benzene rings is 2. The molecule has 3 rings (SSSR count). The molecule has 0 unspecified atom stereocenters. The van der Waals surface area contributed by atoms with Crippen molar-refractivity contribution in [1.29, 1.82) is 5.26 Å². The zero-order valence-corrected chi connectivity index (χ0v) is 17.4. The van der Waals surface area contributed by atoms with Gasteiger partial charge in [-0.2, -0.15) is 9.57 Å². The number of nitrogens with zero attached hydrogens (tertiary/aromatic N) is 3. The minimum absolute atomic E-state index is 0.0311. The molecule has 1 aliphatic heterocycles. The summed E-state index contributed by atoms with van der Waals surface area (Å²) in [6.45, 7) is 5.61. The van der Waals surface area contributed by atoms with Crippen LogP contribution in [0.3, 0.4) is 0 Å². The first-order valence-corrected chi connectivity index (χ1v) is 10.8. The largest absolute Gasteiger partial charge is 0.325 e. The molecule has 1 amide bonds. The molecule has 0 atom stereocenters. The molecule has 0 radical (unpaired) electrons. The Morgan fingerprint density at radius 1 is 1.10 bits per heavy atom. The zero-order chi connectivity index (χ0) is 21.0. The van der Waals surface area contributed by atoms with Crippen molar-refractivity contribution in [3.8, 4) is 6.07 Å². The summed E-state index contributed by atoms with van der Waals surface area (Å²) in [7, 11) is -3.73. The van der Waals surface area contributed by atoms with Gasteiger partial charge in [-0.3, -0.25) is 9.69 Å². The molecule has 152 valence electrons. The first-order valence-electron chi connectivity index (χ1n) is 9.40. The number of anilines is 1. The SMILES string of the molecule is Cc1ccc(NC(=O)CN2CCN(S(=O)(=O)c3ccccc3C#N)CC2)c(C)c1. The molecule has 1 saturated heterocycles. The van der Waals surface area contributed by atoms with E-state index in [4.69, 9.17) is 0 Å². The average Bonchev–Trinajstić information content (AvgIpc) is 2.70. The highest BCUT2D eigenvalue weighted by Gasteiger charge is 2.30. The Morgan fingerprint density at radius 3 is 2.45 bits per heavy atom. The minimum Gasteiger partial charge on any atom is -0.325 e. The molecule has 8 heteroatoms. The molecular weight excluding hydrogens is 388 g/mol. The van der Waals surface area contributed by atoms with E-state index >= 15 is 0 Å². The molecule has 1 fully saturated rings. The third-order valence-electron chi connectivity index (χ3n) is 4.98. The summed E-state index contributed by atoms with van der Waals surface area (Å²) in [6.07, 6.45) is 0. The van der Waals surface area contributed by atoms with Crippen molar-refractivity contribution in [3.63, 3.8) is 0 Å². The molecule has 2 aromatic rings. The van der Waals surface area contributed by atoms with Crippen LogP contribution in [0.5, 0.6) is 0 Å². The lowest BCUT2D eigenvalue weighted by Gasteiger charge is -2.33. The van der Waals surface area contributed by atoms with E-state index in [0.717, 1.165) is 16.8 Å². The maximum absolute atomic E-state index is 12.9. The van der Waals surface area contributed by atoms with E-state index in [1.165, 1.54) is 16.4 Å². The fourth-order valence-corrected chi connectivity index (χ4v) is 4.96. The van der Waals surface area contributed by atoms with Crippen LogP contribution in [0.1, 0.15) is 16.7 Å². The standard InChI is InChI=1S/C21H24N4O3S/c1-16-7-8-19(17(2)13-16)23-21(26)15-24-9-11-25(12-10-24)29(27,28)20-6-4-3-5-18(20)14-22/h3-8,13H,9-12,15H2,1-2H3,(H,23,26). The molecule has 2 aromatic carbocycles. The van der Waals surface area contributed by atoms with Crippen molar-refractivity contribution < 1.29 is 13.2 Å². The summed E-state index contributed by atoms with van der Waals surface area (Å²) in [5.74, 6) is -0.122.